The molecule has 0 unspecified atom stereocenters. The molecule has 6 rings (SSSR count). The average molecular weight is 513 g/mol. The Hall–Kier alpha value is -2.88. The fourth-order valence-electron chi connectivity index (χ4n) is 8.90. The van der Waals surface area contributed by atoms with Crippen LogP contribution in [0, 0.1) is 34.5 Å². The van der Waals surface area contributed by atoms with Crippen molar-refractivity contribution < 1.29 is 19.1 Å². The van der Waals surface area contributed by atoms with Crippen molar-refractivity contribution in [2.24, 2.45) is 34.5 Å². The van der Waals surface area contributed by atoms with Crippen LogP contribution in [0.2, 0.25) is 0 Å². The number of esters is 2. The minimum absolute atomic E-state index is 0.000158. The van der Waals surface area contributed by atoms with E-state index < -0.39 is 0 Å². The summed E-state index contributed by atoms with van der Waals surface area (Å²) in [6.45, 7) is 9.53. The molecule has 0 bridgehead atoms. The van der Waals surface area contributed by atoms with Gasteiger partial charge < -0.3 is 9.47 Å². The lowest BCUT2D eigenvalue weighted by atomic mass is 9.44. The van der Waals surface area contributed by atoms with E-state index in [2.05, 4.69) is 20.4 Å². The third-order valence-electron chi connectivity index (χ3n) is 11.0. The highest BCUT2D eigenvalue weighted by Gasteiger charge is 2.62. The molecular weight excluding hydrogens is 472 g/mol. The van der Waals surface area contributed by atoms with E-state index in [1.54, 1.807) is 0 Å². The van der Waals surface area contributed by atoms with Crippen LogP contribution in [0.1, 0.15) is 85.9 Å². The molecule has 8 atom stereocenters. The number of ether oxygens (including phenoxy) is 2. The Morgan fingerprint density at radius 1 is 0.763 bits per heavy atom. The number of carbonyl (C=O) groups excluding carboxylic acids is 2. The zero-order chi connectivity index (χ0) is 26.5. The molecule has 4 fully saturated rings. The molecule has 4 saturated carbocycles. The average Bonchev–Trinajstić information content (AvgIpc) is 3.26. The molecule has 2 aromatic carbocycles. The molecular formula is C34H40O4. The van der Waals surface area contributed by atoms with Crippen LogP contribution in [0.3, 0.4) is 0 Å². The van der Waals surface area contributed by atoms with Crippen LogP contribution >= 0.6 is 0 Å². The first-order chi connectivity index (χ1) is 18.3. The second kappa shape index (κ2) is 9.70. The number of fused-ring (bicyclic) bond motifs is 5. The molecule has 0 aromatic heterocycles. The monoisotopic (exact) mass is 512 g/mol. The topological polar surface area (TPSA) is 52.6 Å². The summed E-state index contributed by atoms with van der Waals surface area (Å²) in [6, 6.07) is 18.7. The molecule has 4 aliphatic carbocycles. The quantitative estimate of drug-likeness (QED) is 0.312. The summed E-state index contributed by atoms with van der Waals surface area (Å²) in [4.78, 5) is 25.7. The van der Waals surface area contributed by atoms with Crippen molar-refractivity contribution in [2.45, 2.75) is 77.4 Å². The lowest BCUT2D eigenvalue weighted by molar-refractivity contribution is -0.116. The van der Waals surface area contributed by atoms with E-state index in [1.165, 1.54) is 5.57 Å². The van der Waals surface area contributed by atoms with Gasteiger partial charge in [0.2, 0.25) is 0 Å². The molecule has 0 aliphatic heterocycles. The second-order valence-corrected chi connectivity index (χ2v) is 12.9. The number of allylic oxidation sites excluding steroid dienone is 1. The van der Waals surface area contributed by atoms with Crippen LogP contribution in [0.25, 0.3) is 0 Å². The number of carbonyl (C=O) groups is 2. The van der Waals surface area contributed by atoms with Crippen molar-refractivity contribution >= 4 is 11.9 Å². The minimum Gasteiger partial charge on any atom is -0.459 e. The lowest BCUT2D eigenvalue weighted by Gasteiger charge is -2.61. The highest BCUT2D eigenvalue weighted by Crippen LogP contribution is 2.67. The molecule has 2 aromatic rings. The fraction of sp³-hybridized carbons (Fsp3) is 0.529. The van der Waals surface area contributed by atoms with Crippen molar-refractivity contribution in [3.05, 3.63) is 83.9 Å². The predicted molar refractivity (Wildman–Crippen MR) is 148 cm³/mol. The van der Waals surface area contributed by atoms with Crippen molar-refractivity contribution in [1.29, 1.82) is 0 Å². The molecule has 4 nitrogen and oxygen atoms in total. The maximum Gasteiger partial charge on any atom is 0.338 e. The summed E-state index contributed by atoms with van der Waals surface area (Å²) in [5, 5.41) is 0. The van der Waals surface area contributed by atoms with Gasteiger partial charge in [-0.3, -0.25) is 0 Å². The standard InChI is InChI=1S/C34H40O4/c1-22-20-25-21-26(37-31(35)23-10-6-4-7-11-23)16-18-33(25,2)28-17-19-34(3)27(30(22)28)14-15-29(34)38-32(36)24-12-8-5-9-13-24/h4-13,25-30H,1,14-21H2,2-3H3/t25-,26-,27-,28-,29+,30-,33-,34-/m0/s1. The first kappa shape index (κ1) is 25.4. The molecule has 0 heterocycles. The van der Waals surface area contributed by atoms with Crippen molar-refractivity contribution in [2.75, 3.05) is 0 Å². The largest absolute Gasteiger partial charge is 0.459 e. The van der Waals surface area contributed by atoms with Crippen LogP contribution < -0.4 is 0 Å². The van der Waals surface area contributed by atoms with Gasteiger partial charge in [-0.05, 0) is 105 Å². The molecule has 0 saturated heterocycles. The minimum atomic E-state index is -0.206. The highest BCUT2D eigenvalue weighted by molar-refractivity contribution is 5.89. The third kappa shape index (κ3) is 4.21. The second-order valence-electron chi connectivity index (χ2n) is 12.9. The van der Waals surface area contributed by atoms with Crippen LogP contribution in [-0.4, -0.2) is 24.1 Å². The Morgan fingerprint density at radius 2 is 1.34 bits per heavy atom. The van der Waals surface area contributed by atoms with E-state index >= 15 is 0 Å². The number of hydrogen-bond donors (Lipinski definition) is 0. The molecule has 0 radical (unpaired) electrons. The molecule has 4 aliphatic rings. The lowest BCUT2D eigenvalue weighted by Crippen LogP contribution is -2.55. The molecule has 4 heteroatoms. The zero-order valence-electron chi connectivity index (χ0n) is 22.7. The number of benzene rings is 2. The van der Waals surface area contributed by atoms with E-state index in [0.29, 0.717) is 34.8 Å². The van der Waals surface area contributed by atoms with E-state index in [-0.39, 0.29) is 35.0 Å². The van der Waals surface area contributed by atoms with Crippen molar-refractivity contribution in [3.8, 4) is 0 Å². The van der Waals surface area contributed by atoms with Gasteiger partial charge in [-0.15, -0.1) is 0 Å². The maximum absolute atomic E-state index is 12.9. The Labute approximate surface area is 226 Å². The predicted octanol–water partition coefficient (Wildman–Crippen LogP) is 7.65. The van der Waals surface area contributed by atoms with Gasteiger partial charge >= 0.3 is 11.9 Å². The zero-order valence-corrected chi connectivity index (χ0v) is 22.7. The summed E-state index contributed by atoms with van der Waals surface area (Å²) >= 11 is 0. The van der Waals surface area contributed by atoms with Crippen LogP contribution in [-0.2, 0) is 9.47 Å². The molecule has 0 amide bonds. The first-order valence-corrected chi connectivity index (χ1v) is 14.5. The van der Waals surface area contributed by atoms with Gasteiger partial charge in [0.15, 0.2) is 0 Å². The van der Waals surface area contributed by atoms with E-state index in [1.807, 2.05) is 60.7 Å². The summed E-state index contributed by atoms with van der Waals surface area (Å²) in [5.41, 5.74) is 2.88. The number of hydrogen-bond acceptors (Lipinski definition) is 4. The molecule has 200 valence electrons. The highest BCUT2D eigenvalue weighted by atomic mass is 16.5. The Balaban J connectivity index is 1.15. The van der Waals surface area contributed by atoms with E-state index in [9.17, 15) is 9.59 Å². The van der Waals surface area contributed by atoms with Crippen LogP contribution in [0.15, 0.2) is 72.8 Å². The molecule has 38 heavy (non-hydrogen) atoms. The van der Waals surface area contributed by atoms with Crippen LogP contribution in [0.5, 0.6) is 0 Å². The van der Waals surface area contributed by atoms with Gasteiger partial charge in [0.25, 0.3) is 0 Å². The van der Waals surface area contributed by atoms with Gasteiger partial charge in [-0.1, -0.05) is 62.4 Å². The molecule has 0 spiro atoms. The maximum atomic E-state index is 12.9. The third-order valence-corrected chi connectivity index (χ3v) is 11.0. The number of rotatable bonds is 4. The summed E-state index contributed by atoms with van der Waals surface area (Å²) in [7, 11) is 0. The van der Waals surface area contributed by atoms with Crippen molar-refractivity contribution in [3.63, 3.8) is 0 Å². The SMILES string of the molecule is C=C1C[C@H]2C[C@@H](OC(=O)c3ccccc3)CC[C@]2(C)[C@H]2CC[C@]3(C)[C@H](OC(=O)c4ccccc4)CC[C@H]3[C@H]12. The van der Waals surface area contributed by atoms with Gasteiger partial charge in [-0.2, -0.15) is 0 Å². The van der Waals surface area contributed by atoms with Crippen molar-refractivity contribution in [1.82, 2.24) is 0 Å². The van der Waals surface area contributed by atoms with Gasteiger partial charge in [-0.25, -0.2) is 9.59 Å². The summed E-state index contributed by atoms with van der Waals surface area (Å²) in [6.07, 6.45) is 8.18. The summed E-state index contributed by atoms with van der Waals surface area (Å²) in [5.74, 6) is 1.68. The Kier molecular flexibility index (Phi) is 6.48. The molecule has 0 N–H and O–H groups in total. The van der Waals surface area contributed by atoms with Crippen LogP contribution in [0.4, 0.5) is 0 Å². The van der Waals surface area contributed by atoms with Gasteiger partial charge in [0.1, 0.15) is 12.2 Å². The van der Waals surface area contributed by atoms with Gasteiger partial charge in [0.05, 0.1) is 11.1 Å². The van der Waals surface area contributed by atoms with E-state index in [4.69, 9.17) is 9.47 Å². The Bertz CT molecular complexity index is 1210. The normalized spacial score (nSPS) is 37.9. The Morgan fingerprint density at radius 3 is 2.00 bits per heavy atom. The summed E-state index contributed by atoms with van der Waals surface area (Å²) < 4.78 is 12.2. The first-order valence-electron chi connectivity index (χ1n) is 14.5. The van der Waals surface area contributed by atoms with E-state index in [0.717, 1.165) is 51.4 Å². The van der Waals surface area contributed by atoms with Gasteiger partial charge in [0, 0.05) is 5.41 Å². The smallest absolute Gasteiger partial charge is 0.338 e. The fourth-order valence-corrected chi connectivity index (χ4v) is 8.90.